The van der Waals surface area contributed by atoms with Crippen LogP contribution >= 0.6 is 0 Å². The number of halogens is 2. The van der Waals surface area contributed by atoms with Gasteiger partial charge in [-0.1, -0.05) is 6.92 Å². The van der Waals surface area contributed by atoms with Crippen molar-refractivity contribution in [3.8, 4) is 0 Å². The number of rotatable bonds is 0. The van der Waals surface area contributed by atoms with E-state index in [0.717, 1.165) is 12.1 Å². The summed E-state index contributed by atoms with van der Waals surface area (Å²) >= 11 is 0. The topological polar surface area (TPSA) is 43.1 Å². The Balaban J connectivity index is 2.70. The number of hydrogen-bond acceptors (Lipinski definition) is 2. The summed E-state index contributed by atoms with van der Waals surface area (Å²) in [4.78, 5) is -0.0550. The summed E-state index contributed by atoms with van der Waals surface area (Å²) in [6.45, 7) is 1.79. The van der Waals surface area contributed by atoms with Crippen LogP contribution in [0.2, 0.25) is 0 Å². The molecule has 1 heterocycles. The van der Waals surface area contributed by atoms with Crippen molar-refractivity contribution >= 4 is 10.8 Å². The predicted octanol–water partition coefficient (Wildman–Crippen LogP) is 1.72. The fraction of sp³-hybridized carbons (Fsp3) is 0.400. The van der Waals surface area contributed by atoms with E-state index < -0.39 is 28.5 Å². The van der Waals surface area contributed by atoms with Crippen molar-refractivity contribution in [1.82, 2.24) is 0 Å². The van der Waals surface area contributed by atoms with Crippen LogP contribution in [0.1, 0.15) is 18.5 Å². The molecule has 82 valence electrons. The van der Waals surface area contributed by atoms with Gasteiger partial charge in [0.2, 0.25) is 0 Å². The van der Waals surface area contributed by atoms with Gasteiger partial charge in [-0.3, -0.25) is 4.21 Å². The van der Waals surface area contributed by atoms with E-state index in [0.29, 0.717) is 0 Å². The average molecular weight is 231 g/mol. The van der Waals surface area contributed by atoms with Crippen molar-refractivity contribution in [3.63, 3.8) is 0 Å². The standard InChI is InChI=1S/C10H11F2NOS/c1-5-4-15(14)10-7(12)3-2-6(11)8(10)9(5)13/h2-3,5,9H,4,13H2,1H3. The maximum atomic E-state index is 13.5. The summed E-state index contributed by atoms with van der Waals surface area (Å²) in [5.41, 5.74) is 5.86. The van der Waals surface area contributed by atoms with Gasteiger partial charge in [0.1, 0.15) is 11.6 Å². The first-order chi connectivity index (χ1) is 7.02. The van der Waals surface area contributed by atoms with E-state index >= 15 is 0 Å². The first-order valence-corrected chi connectivity index (χ1v) is 5.96. The Morgan fingerprint density at radius 3 is 2.67 bits per heavy atom. The summed E-state index contributed by atoms with van der Waals surface area (Å²) in [7, 11) is -1.48. The van der Waals surface area contributed by atoms with Gasteiger partial charge in [-0.15, -0.1) is 0 Å². The van der Waals surface area contributed by atoms with Crippen LogP contribution in [-0.2, 0) is 10.8 Å². The summed E-state index contributed by atoms with van der Waals surface area (Å²) < 4.78 is 38.5. The van der Waals surface area contributed by atoms with Crippen molar-refractivity contribution in [2.45, 2.75) is 17.9 Å². The molecule has 1 aliphatic rings. The van der Waals surface area contributed by atoms with Gasteiger partial charge < -0.3 is 5.73 Å². The molecule has 0 saturated carbocycles. The molecule has 0 aliphatic carbocycles. The zero-order chi connectivity index (χ0) is 11.2. The second kappa shape index (κ2) is 3.64. The molecule has 2 rings (SSSR count). The molecule has 1 aliphatic heterocycles. The van der Waals surface area contributed by atoms with Gasteiger partial charge in [0, 0.05) is 17.4 Å². The van der Waals surface area contributed by atoms with Crippen LogP contribution in [0.5, 0.6) is 0 Å². The van der Waals surface area contributed by atoms with Crippen molar-refractivity contribution < 1.29 is 13.0 Å². The lowest BCUT2D eigenvalue weighted by atomic mass is 9.95. The van der Waals surface area contributed by atoms with E-state index in [2.05, 4.69) is 0 Å². The molecule has 0 spiro atoms. The van der Waals surface area contributed by atoms with Gasteiger partial charge in [0.15, 0.2) is 0 Å². The smallest absolute Gasteiger partial charge is 0.139 e. The monoisotopic (exact) mass is 231 g/mol. The number of fused-ring (bicyclic) bond motifs is 1. The highest BCUT2D eigenvalue weighted by molar-refractivity contribution is 7.85. The number of benzene rings is 1. The molecule has 2 N–H and O–H groups in total. The van der Waals surface area contributed by atoms with Crippen molar-refractivity contribution in [3.05, 3.63) is 29.3 Å². The molecule has 3 unspecified atom stereocenters. The third-order valence-electron chi connectivity index (χ3n) is 2.68. The Morgan fingerprint density at radius 1 is 1.40 bits per heavy atom. The zero-order valence-corrected chi connectivity index (χ0v) is 8.98. The van der Waals surface area contributed by atoms with Crippen LogP contribution in [0.4, 0.5) is 8.78 Å². The lowest BCUT2D eigenvalue weighted by molar-refractivity contribution is 0.452. The Kier molecular flexibility index (Phi) is 2.60. The lowest BCUT2D eigenvalue weighted by Crippen LogP contribution is -2.31. The molecule has 1 aromatic rings. The molecule has 15 heavy (non-hydrogen) atoms. The van der Waals surface area contributed by atoms with E-state index in [1.165, 1.54) is 0 Å². The summed E-state index contributed by atoms with van der Waals surface area (Å²) in [6.07, 6.45) is 0. The first-order valence-electron chi connectivity index (χ1n) is 4.64. The van der Waals surface area contributed by atoms with E-state index in [4.69, 9.17) is 5.73 Å². The lowest BCUT2D eigenvalue weighted by Gasteiger charge is -2.28. The molecule has 0 bridgehead atoms. The molecule has 1 aromatic carbocycles. The SMILES string of the molecule is CC1CS(=O)c2c(F)ccc(F)c2C1N. The average Bonchev–Trinajstić information content (AvgIpc) is 2.18. The summed E-state index contributed by atoms with van der Waals surface area (Å²) in [5, 5.41) is 0. The Morgan fingerprint density at radius 2 is 2.00 bits per heavy atom. The second-order valence-corrected chi connectivity index (χ2v) is 5.22. The Hall–Kier alpha value is -0.810. The molecular weight excluding hydrogens is 220 g/mol. The fourth-order valence-electron chi connectivity index (χ4n) is 1.80. The minimum absolute atomic E-state index is 0.0550. The van der Waals surface area contributed by atoms with E-state index in [1.807, 2.05) is 0 Å². The van der Waals surface area contributed by atoms with Crippen molar-refractivity contribution in [2.75, 3.05) is 5.75 Å². The quantitative estimate of drug-likeness (QED) is 0.738. The van der Waals surface area contributed by atoms with Crippen LogP contribution in [0.15, 0.2) is 17.0 Å². The Labute approximate surface area is 88.9 Å². The molecule has 0 saturated heterocycles. The van der Waals surface area contributed by atoms with Crippen LogP contribution in [-0.4, -0.2) is 9.96 Å². The molecular formula is C10H11F2NOS. The normalized spacial score (nSPS) is 30.0. The maximum Gasteiger partial charge on any atom is 0.139 e. The maximum absolute atomic E-state index is 13.5. The predicted molar refractivity (Wildman–Crippen MR) is 53.7 cm³/mol. The van der Waals surface area contributed by atoms with Crippen molar-refractivity contribution in [1.29, 1.82) is 0 Å². The van der Waals surface area contributed by atoms with Gasteiger partial charge in [0.25, 0.3) is 0 Å². The van der Waals surface area contributed by atoms with Crippen molar-refractivity contribution in [2.24, 2.45) is 11.7 Å². The fourth-order valence-corrected chi connectivity index (χ4v) is 3.42. The van der Waals surface area contributed by atoms with Crippen LogP contribution in [0.3, 0.4) is 0 Å². The van der Waals surface area contributed by atoms with Gasteiger partial charge in [-0.2, -0.15) is 0 Å². The largest absolute Gasteiger partial charge is 0.324 e. The van der Waals surface area contributed by atoms with Crippen LogP contribution in [0, 0.1) is 17.6 Å². The third kappa shape index (κ3) is 1.59. The zero-order valence-electron chi connectivity index (χ0n) is 8.17. The number of nitrogens with two attached hydrogens (primary N) is 1. The Bertz CT molecular complexity index is 436. The van der Waals surface area contributed by atoms with Gasteiger partial charge in [-0.25, -0.2) is 8.78 Å². The van der Waals surface area contributed by atoms with Gasteiger partial charge >= 0.3 is 0 Å². The third-order valence-corrected chi connectivity index (χ3v) is 4.38. The van der Waals surface area contributed by atoms with Crippen LogP contribution < -0.4 is 5.73 Å². The highest BCUT2D eigenvalue weighted by atomic mass is 32.2. The van der Waals surface area contributed by atoms with E-state index in [-0.39, 0.29) is 22.1 Å². The molecule has 0 amide bonds. The van der Waals surface area contributed by atoms with Gasteiger partial charge in [0.05, 0.1) is 15.7 Å². The molecule has 0 aromatic heterocycles. The van der Waals surface area contributed by atoms with E-state index in [9.17, 15) is 13.0 Å². The summed E-state index contributed by atoms with van der Waals surface area (Å²) in [5.74, 6) is -1.02. The summed E-state index contributed by atoms with van der Waals surface area (Å²) in [6, 6.07) is 1.45. The molecule has 2 nitrogen and oxygen atoms in total. The molecule has 0 fully saturated rings. The number of hydrogen-bond donors (Lipinski definition) is 1. The second-order valence-electron chi connectivity index (χ2n) is 3.79. The molecule has 3 atom stereocenters. The minimum atomic E-state index is -1.48. The van der Waals surface area contributed by atoms with Crippen LogP contribution in [0.25, 0.3) is 0 Å². The highest BCUT2D eigenvalue weighted by Crippen LogP contribution is 2.35. The minimum Gasteiger partial charge on any atom is -0.324 e. The van der Waals surface area contributed by atoms with E-state index in [1.54, 1.807) is 6.92 Å². The van der Waals surface area contributed by atoms with Gasteiger partial charge in [-0.05, 0) is 18.1 Å². The first kappa shape index (κ1) is 10.7. The molecule has 5 heteroatoms. The highest BCUT2D eigenvalue weighted by Gasteiger charge is 2.33. The molecule has 0 radical (unpaired) electrons.